The molecule has 1 saturated heterocycles. The number of carboxylic acids is 1. The van der Waals surface area contributed by atoms with Gasteiger partial charge >= 0.3 is 12.3 Å². The molecule has 212 valence electrons. The predicted octanol–water partition coefficient (Wildman–Crippen LogP) is 6.32. The minimum Gasteiger partial charge on any atom is -0.480 e. The third-order valence-electron chi connectivity index (χ3n) is 8.00. The molecular weight excluding hydrogens is 509 g/mol. The number of carbonyl (C=O) groups excluding carboxylic acids is 1. The van der Waals surface area contributed by atoms with Gasteiger partial charge < -0.3 is 20.1 Å². The zero-order chi connectivity index (χ0) is 28.4. The molecule has 1 amide bonds. The average Bonchev–Trinajstić information content (AvgIpc) is 3.24. The van der Waals surface area contributed by atoms with Crippen molar-refractivity contribution in [3.8, 4) is 5.75 Å². The lowest BCUT2D eigenvalue weighted by Gasteiger charge is -2.36. The molecule has 6 nitrogen and oxygen atoms in total. The molecule has 2 aliphatic rings. The number of rotatable bonds is 7. The molecule has 2 aromatic rings. The van der Waals surface area contributed by atoms with Gasteiger partial charge in [-0.1, -0.05) is 88.6 Å². The van der Waals surface area contributed by atoms with Crippen LogP contribution in [-0.4, -0.2) is 40.3 Å². The van der Waals surface area contributed by atoms with Crippen molar-refractivity contribution in [1.82, 2.24) is 10.2 Å². The Morgan fingerprint density at radius 2 is 1.59 bits per heavy atom. The van der Waals surface area contributed by atoms with Crippen molar-refractivity contribution in [2.75, 3.05) is 0 Å². The fourth-order valence-electron chi connectivity index (χ4n) is 6.39. The maximum Gasteiger partial charge on any atom is 0.573 e. The van der Waals surface area contributed by atoms with Gasteiger partial charge in [0, 0.05) is 30.0 Å². The highest BCUT2D eigenvalue weighted by Crippen LogP contribution is 2.49. The number of benzene rings is 2. The summed E-state index contributed by atoms with van der Waals surface area (Å²) in [6, 6.07) is 13.0. The lowest BCUT2D eigenvalue weighted by Crippen LogP contribution is -2.49. The summed E-state index contributed by atoms with van der Waals surface area (Å²) in [5.74, 6) is -2.32. The Balaban J connectivity index is 1.78. The number of hydrogen-bond donors (Lipinski definition) is 2. The number of ether oxygens (including phenoxy) is 1. The van der Waals surface area contributed by atoms with Gasteiger partial charge in [0.15, 0.2) is 0 Å². The Kier molecular flexibility index (Phi) is 8.59. The number of halogens is 3. The molecule has 2 N–H and O–H groups in total. The first-order valence-electron chi connectivity index (χ1n) is 13.6. The highest BCUT2D eigenvalue weighted by Gasteiger charge is 2.58. The van der Waals surface area contributed by atoms with Crippen molar-refractivity contribution < 1.29 is 32.6 Å². The molecule has 0 radical (unpaired) electrons. The molecule has 1 aliphatic heterocycles. The maximum absolute atomic E-state index is 14.1. The fourth-order valence-corrected chi connectivity index (χ4v) is 6.39. The summed E-state index contributed by atoms with van der Waals surface area (Å²) in [6.07, 6.45) is -0.478. The molecule has 1 aliphatic carbocycles. The van der Waals surface area contributed by atoms with E-state index in [0.717, 1.165) is 37.7 Å². The van der Waals surface area contributed by atoms with Crippen molar-refractivity contribution >= 4 is 11.9 Å². The first-order chi connectivity index (χ1) is 18.4. The van der Waals surface area contributed by atoms with Crippen LogP contribution in [0, 0.1) is 17.3 Å². The zero-order valence-electron chi connectivity index (χ0n) is 22.6. The molecule has 4 atom stereocenters. The van der Waals surface area contributed by atoms with Crippen LogP contribution < -0.4 is 10.1 Å². The van der Waals surface area contributed by atoms with E-state index < -0.39 is 41.8 Å². The lowest BCUT2D eigenvalue weighted by molar-refractivity contribution is -0.274. The molecule has 2 fully saturated rings. The largest absolute Gasteiger partial charge is 0.573 e. The Morgan fingerprint density at radius 1 is 0.974 bits per heavy atom. The fraction of sp³-hybridized carbons (Fsp3) is 0.533. The van der Waals surface area contributed by atoms with E-state index in [9.17, 15) is 27.9 Å². The predicted molar refractivity (Wildman–Crippen MR) is 141 cm³/mol. The van der Waals surface area contributed by atoms with E-state index >= 15 is 0 Å². The molecule has 0 spiro atoms. The Labute approximate surface area is 227 Å². The van der Waals surface area contributed by atoms with Crippen LogP contribution in [0.2, 0.25) is 0 Å². The number of alkyl halides is 3. The summed E-state index contributed by atoms with van der Waals surface area (Å²) in [7, 11) is 0. The first kappa shape index (κ1) is 28.9. The second-order valence-electron chi connectivity index (χ2n) is 11.7. The van der Waals surface area contributed by atoms with E-state index in [1.807, 2.05) is 51.1 Å². The van der Waals surface area contributed by atoms with E-state index in [1.54, 1.807) is 17.0 Å². The van der Waals surface area contributed by atoms with Crippen LogP contribution in [0.1, 0.15) is 70.0 Å². The van der Waals surface area contributed by atoms with Gasteiger partial charge in [-0.2, -0.15) is 0 Å². The quantitative estimate of drug-likeness (QED) is 0.425. The standard InChI is InChI=1S/C30H37F3N2O4/c1-29(2,3)23-24(34-18-21-16-10-11-17-22(21)39-30(31,32)33)25(19-12-6-4-7-13-19)35(26(23)28(37)38)27(36)20-14-8-5-9-15-20/h4,6-7,10-13,16-17,20,23-26,34H,5,8-9,14-15,18H2,1-3H3,(H,37,38). The molecule has 1 heterocycles. The summed E-state index contributed by atoms with van der Waals surface area (Å²) in [6.45, 7) is 5.84. The molecule has 0 bridgehead atoms. The van der Waals surface area contributed by atoms with Gasteiger partial charge in [-0.3, -0.25) is 4.79 Å². The molecule has 2 aromatic carbocycles. The number of nitrogens with zero attached hydrogens (tertiary/aromatic N) is 1. The minimum atomic E-state index is -4.85. The summed E-state index contributed by atoms with van der Waals surface area (Å²) >= 11 is 0. The van der Waals surface area contributed by atoms with E-state index in [0.29, 0.717) is 5.56 Å². The molecular formula is C30H37F3N2O4. The normalized spacial score (nSPS) is 24.5. The smallest absolute Gasteiger partial charge is 0.480 e. The van der Waals surface area contributed by atoms with Crippen molar-refractivity contribution in [3.05, 3.63) is 65.7 Å². The van der Waals surface area contributed by atoms with Gasteiger partial charge in [0.1, 0.15) is 11.8 Å². The van der Waals surface area contributed by atoms with Crippen molar-refractivity contribution in [2.45, 2.75) is 83.9 Å². The summed E-state index contributed by atoms with van der Waals surface area (Å²) < 4.78 is 43.5. The van der Waals surface area contributed by atoms with E-state index in [-0.39, 0.29) is 24.1 Å². The van der Waals surface area contributed by atoms with Gasteiger partial charge in [0.05, 0.1) is 6.04 Å². The van der Waals surface area contributed by atoms with Gasteiger partial charge in [0.2, 0.25) is 5.91 Å². The van der Waals surface area contributed by atoms with Crippen LogP contribution in [0.5, 0.6) is 5.75 Å². The highest BCUT2D eigenvalue weighted by atomic mass is 19.4. The number of carboxylic acid groups (broad SMARTS) is 1. The van der Waals surface area contributed by atoms with Crippen LogP contribution in [0.4, 0.5) is 13.2 Å². The molecule has 9 heteroatoms. The zero-order valence-corrected chi connectivity index (χ0v) is 22.6. The Morgan fingerprint density at radius 3 is 2.18 bits per heavy atom. The number of para-hydroxylation sites is 1. The summed E-state index contributed by atoms with van der Waals surface area (Å²) in [4.78, 5) is 28.6. The van der Waals surface area contributed by atoms with Gasteiger partial charge in [-0.25, -0.2) is 4.79 Å². The van der Waals surface area contributed by atoms with Crippen molar-refractivity contribution in [1.29, 1.82) is 0 Å². The first-order valence-corrected chi connectivity index (χ1v) is 13.6. The monoisotopic (exact) mass is 546 g/mol. The summed E-state index contributed by atoms with van der Waals surface area (Å²) in [5.41, 5.74) is 0.535. The van der Waals surface area contributed by atoms with Crippen molar-refractivity contribution in [3.63, 3.8) is 0 Å². The van der Waals surface area contributed by atoms with Crippen LogP contribution in [-0.2, 0) is 16.1 Å². The lowest BCUT2D eigenvalue weighted by atomic mass is 9.72. The number of likely N-dealkylation sites (tertiary alicyclic amines) is 1. The molecule has 4 rings (SSSR count). The third kappa shape index (κ3) is 6.57. The van der Waals surface area contributed by atoms with Gasteiger partial charge in [0.25, 0.3) is 0 Å². The number of hydrogen-bond acceptors (Lipinski definition) is 4. The van der Waals surface area contributed by atoms with Crippen LogP contribution in [0.25, 0.3) is 0 Å². The maximum atomic E-state index is 14.1. The van der Waals surface area contributed by atoms with Gasteiger partial charge in [-0.15, -0.1) is 13.2 Å². The van der Waals surface area contributed by atoms with Gasteiger partial charge in [-0.05, 0) is 29.9 Å². The van der Waals surface area contributed by atoms with Crippen LogP contribution in [0.3, 0.4) is 0 Å². The third-order valence-corrected chi connectivity index (χ3v) is 8.00. The Bertz CT molecular complexity index is 1140. The topological polar surface area (TPSA) is 78.9 Å². The molecule has 39 heavy (non-hydrogen) atoms. The van der Waals surface area contributed by atoms with E-state index in [1.165, 1.54) is 12.1 Å². The van der Waals surface area contributed by atoms with E-state index in [2.05, 4.69) is 10.1 Å². The highest BCUT2D eigenvalue weighted by molar-refractivity contribution is 5.87. The number of carbonyl (C=O) groups is 2. The molecule has 4 unspecified atom stereocenters. The summed E-state index contributed by atoms with van der Waals surface area (Å²) in [5, 5.41) is 13.9. The Hall–Kier alpha value is -3.07. The SMILES string of the molecule is CC(C)(C)C1C(NCc2ccccc2OC(F)(F)F)C(c2ccccc2)N(C(=O)C2CCCCC2)C1C(=O)O. The number of aliphatic carboxylic acids is 1. The second kappa shape index (κ2) is 11.6. The minimum absolute atomic E-state index is 0.00459. The molecule has 1 saturated carbocycles. The van der Waals surface area contributed by atoms with Crippen LogP contribution >= 0.6 is 0 Å². The van der Waals surface area contributed by atoms with Crippen molar-refractivity contribution in [2.24, 2.45) is 17.3 Å². The molecule has 0 aromatic heterocycles. The number of nitrogens with one attached hydrogen (secondary N) is 1. The van der Waals surface area contributed by atoms with E-state index in [4.69, 9.17) is 0 Å². The second-order valence-corrected chi connectivity index (χ2v) is 11.7. The number of amides is 1. The van der Waals surface area contributed by atoms with Crippen LogP contribution in [0.15, 0.2) is 54.6 Å². The average molecular weight is 547 g/mol.